The molecule has 0 saturated carbocycles. The predicted molar refractivity (Wildman–Crippen MR) is 25.2 cm³/mol. The van der Waals surface area contributed by atoms with Crippen LogP contribution in [0.5, 0.6) is 0 Å². The second-order valence-corrected chi connectivity index (χ2v) is 0.514. The van der Waals surface area contributed by atoms with Crippen molar-refractivity contribution in [2.75, 3.05) is 0 Å². The van der Waals surface area contributed by atoms with Crippen LogP contribution in [-0.4, -0.2) is 58.9 Å². The first-order valence-corrected chi connectivity index (χ1v) is 1.18. The molecule has 0 aromatic heterocycles. The van der Waals surface area contributed by atoms with E-state index >= 15 is 0 Å². The quantitative estimate of drug-likeness (QED) is 0.348. The second-order valence-electron chi connectivity index (χ2n) is 0.514. The third kappa shape index (κ3) is 348000. The van der Waals surface area contributed by atoms with Crippen LogP contribution < -0.4 is 0 Å². The Hall–Kier alpha value is -0.0286. The molecule has 48 valence electrons. The van der Waals surface area contributed by atoms with Gasteiger partial charge < -0.3 is 20.8 Å². The Kier molecular flexibility index (Phi) is 19.3. The molecule has 8 nitrogen and oxygen atoms in total. The molecule has 9 heavy (non-hydrogen) atoms. The minimum atomic E-state index is -1.25. The summed E-state index contributed by atoms with van der Waals surface area (Å²) < 4.78 is 0. The molecule has 2 N–H and O–H groups in total. The Morgan fingerprint density at radius 3 is 0.778 bits per heavy atom. The molecule has 0 aliphatic rings. The largest absolute Gasteiger partial charge is 2.00 e. The van der Waals surface area contributed by atoms with Gasteiger partial charge in [0.15, 0.2) is 0 Å². The normalized spacial score (nSPS) is 5.33. The van der Waals surface area contributed by atoms with Crippen molar-refractivity contribution in [3.63, 3.8) is 0 Å². The van der Waals surface area contributed by atoms with Gasteiger partial charge in [-0.3, -0.25) is 0 Å². The maximum atomic E-state index is 8.47. The van der Waals surface area contributed by atoms with Crippen LogP contribution in [0.15, 0.2) is 0 Å². The minimum Gasteiger partial charge on any atom is -0.588 e. The molecule has 0 radical (unpaired) electrons. The summed E-state index contributed by atoms with van der Waals surface area (Å²) in [4.78, 5) is 0. The fourth-order valence-electron chi connectivity index (χ4n) is 0. The van der Waals surface area contributed by atoms with Crippen molar-refractivity contribution in [2.24, 2.45) is 0 Å². The molecule has 0 atom stereocenters. The maximum Gasteiger partial charge on any atom is 2.00 e. The van der Waals surface area contributed by atoms with E-state index in [4.69, 9.17) is 31.9 Å². The van der Waals surface area contributed by atoms with Crippen LogP contribution in [0.1, 0.15) is 0 Å². The monoisotopic (exact) mass is 260 g/mol. The topological polar surface area (TPSA) is 146 Å². The summed E-state index contributed by atoms with van der Waals surface area (Å²) in [5, 5.41) is 31.4. The second kappa shape index (κ2) is 10.9. The van der Waals surface area contributed by atoms with Gasteiger partial charge in [0.25, 0.3) is 0 Å². The summed E-state index contributed by atoms with van der Waals surface area (Å²) in [5.74, 6) is 0. The van der Waals surface area contributed by atoms with Crippen molar-refractivity contribution >= 4 is 48.9 Å². The zero-order valence-corrected chi connectivity index (χ0v) is 8.68. The first kappa shape index (κ1) is 16.0. The molecule has 0 amide bonds. The third-order valence-corrected chi connectivity index (χ3v) is 0. The first-order valence-electron chi connectivity index (χ1n) is 1.18. The van der Waals surface area contributed by atoms with Crippen molar-refractivity contribution in [1.82, 2.24) is 0 Å². The van der Waals surface area contributed by atoms with Gasteiger partial charge in [-0.1, -0.05) is 10.0 Å². The zero-order valence-electron chi connectivity index (χ0n) is 4.23. The first-order chi connectivity index (χ1) is 3.46. The number of hydrogen-bond acceptors (Lipinski definition) is 6. The Labute approximate surface area is 89.8 Å². The zero-order chi connectivity index (χ0) is 7.15. The Morgan fingerprint density at radius 1 is 0.778 bits per heavy atom. The van der Waals surface area contributed by atoms with E-state index in [2.05, 4.69) is 0 Å². The van der Waals surface area contributed by atoms with Crippen LogP contribution in [0.2, 0.25) is 0 Å². The van der Waals surface area contributed by atoms with Crippen molar-refractivity contribution in [3.05, 3.63) is 20.8 Å². The van der Waals surface area contributed by atoms with Crippen molar-refractivity contribution in [3.8, 4) is 0 Å². The molecule has 0 fully saturated rings. The number of rotatable bonds is 0. The van der Waals surface area contributed by atoms with Crippen molar-refractivity contribution < 1.29 is 10.0 Å². The van der Waals surface area contributed by atoms with E-state index < -0.39 is 10.0 Å². The SMILES string of the molecule is N=[N+]([O-])[O-].N=[N+]([O-])[O-].[Ba+2]. The summed E-state index contributed by atoms with van der Waals surface area (Å²) in [7, 11) is 0. The third-order valence-electron chi connectivity index (χ3n) is 0. The minimum absolute atomic E-state index is 0. The van der Waals surface area contributed by atoms with Gasteiger partial charge in [0.05, 0.1) is 0 Å². The van der Waals surface area contributed by atoms with Gasteiger partial charge in [-0.15, -0.1) is 0 Å². The van der Waals surface area contributed by atoms with E-state index in [-0.39, 0.29) is 48.9 Å². The fraction of sp³-hybridized carbons (Fsp3) is 0. The molecule has 0 aromatic carbocycles. The average Bonchev–Trinajstić information content (AvgIpc) is 1.25. The summed E-state index contributed by atoms with van der Waals surface area (Å²) in [6.45, 7) is 0. The van der Waals surface area contributed by atoms with Crippen molar-refractivity contribution in [1.29, 1.82) is 11.1 Å². The molecule has 0 aromatic rings. The van der Waals surface area contributed by atoms with Gasteiger partial charge in [-0.05, 0) is 11.1 Å². The maximum absolute atomic E-state index is 8.47. The van der Waals surface area contributed by atoms with Crippen LogP contribution in [-0.2, 0) is 0 Å². The summed E-state index contributed by atoms with van der Waals surface area (Å²) in [5.41, 5.74) is 10.6. The van der Waals surface area contributed by atoms with E-state index in [1.165, 1.54) is 0 Å². The molecule has 0 unspecified atom stereocenters. The molecule has 9 heteroatoms. The van der Waals surface area contributed by atoms with Crippen LogP contribution in [0.25, 0.3) is 0 Å². The summed E-state index contributed by atoms with van der Waals surface area (Å²) in [6.07, 6.45) is 0. The van der Waals surface area contributed by atoms with E-state index in [1.807, 2.05) is 0 Å². The standard InChI is InChI=1S/Ba.2HN2O2/c;2*1-2(3)4/h;2*(H-,1,3,4)/q+2;2*-1. The Bertz CT molecular complexity index is 70.6. The molecular formula is H2BaN4O4. The Morgan fingerprint density at radius 2 is 0.778 bits per heavy atom. The smallest absolute Gasteiger partial charge is 0.588 e. The van der Waals surface area contributed by atoms with E-state index in [0.717, 1.165) is 0 Å². The average molecular weight is 259 g/mol. The number of nitrogens with one attached hydrogen (secondary N) is 2. The van der Waals surface area contributed by atoms with E-state index in [9.17, 15) is 0 Å². The van der Waals surface area contributed by atoms with Gasteiger partial charge in [0.2, 0.25) is 0 Å². The summed E-state index contributed by atoms with van der Waals surface area (Å²) >= 11 is 0. The van der Waals surface area contributed by atoms with Crippen LogP contribution in [0, 0.1) is 31.9 Å². The van der Waals surface area contributed by atoms with Crippen molar-refractivity contribution in [2.45, 2.75) is 0 Å². The Balaban J connectivity index is -0.0000000720. The molecule has 0 aliphatic heterocycles. The van der Waals surface area contributed by atoms with Gasteiger partial charge in [-0.25, -0.2) is 0 Å². The predicted octanol–water partition coefficient (Wildman–Crippen LogP) is -0.330. The number of hydrogen-bond donors (Lipinski definition) is 2. The molecule has 0 spiro atoms. The molecule has 0 saturated heterocycles. The van der Waals surface area contributed by atoms with Gasteiger partial charge in [0.1, 0.15) is 0 Å². The summed E-state index contributed by atoms with van der Waals surface area (Å²) in [6, 6.07) is 0. The molecule has 0 aliphatic carbocycles. The fourth-order valence-corrected chi connectivity index (χ4v) is 0. The van der Waals surface area contributed by atoms with Gasteiger partial charge in [-0.2, -0.15) is 0 Å². The van der Waals surface area contributed by atoms with Gasteiger partial charge in [0, 0.05) is 0 Å². The van der Waals surface area contributed by atoms with Crippen LogP contribution in [0.4, 0.5) is 0 Å². The molecule has 0 bridgehead atoms. The van der Waals surface area contributed by atoms with Crippen LogP contribution >= 0.6 is 0 Å². The molecular weight excluding hydrogens is 257 g/mol. The molecule has 0 heterocycles. The van der Waals surface area contributed by atoms with E-state index in [0.29, 0.717) is 0 Å². The van der Waals surface area contributed by atoms with E-state index in [1.54, 1.807) is 0 Å². The van der Waals surface area contributed by atoms with Crippen LogP contribution in [0.3, 0.4) is 0 Å². The van der Waals surface area contributed by atoms with Gasteiger partial charge >= 0.3 is 48.9 Å². The number of nitrogens with zero attached hydrogens (tertiary/aromatic N) is 2. The molecule has 0 rings (SSSR count).